The van der Waals surface area contributed by atoms with Gasteiger partial charge >= 0.3 is 0 Å². The summed E-state index contributed by atoms with van der Waals surface area (Å²) < 4.78 is 11.3. The average molecular weight is 344 g/mol. The first kappa shape index (κ1) is 19.1. The first-order chi connectivity index (χ1) is 11.9. The third-order valence-corrected chi connectivity index (χ3v) is 3.92. The molecule has 0 bridgehead atoms. The summed E-state index contributed by atoms with van der Waals surface area (Å²) in [5.41, 5.74) is 2.62. The van der Waals surface area contributed by atoms with Gasteiger partial charge in [0.25, 0.3) is 0 Å². The second-order valence-corrected chi connectivity index (χ2v) is 6.64. The van der Waals surface area contributed by atoms with Crippen LogP contribution in [0.5, 0.6) is 17.2 Å². The fourth-order valence-corrected chi connectivity index (χ4v) is 2.43. The third kappa shape index (κ3) is 5.36. The molecule has 0 aliphatic heterocycles. The highest BCUT2D eigenvalue weighted by Gasteiger charge is 2.12. The number of aryl methyl sites for hydroxylation is 1. The number of aromatic nitrogens is 1. The van der Waals surface area contributed by atoms with Gasteiger partial charge in [0, 0.05) is 18.3 Å². The topological polar surface area (TPSA) is 63.6 Å². The summed E-state index contributed by atoms with van der Waals surface area (Å²) in [6.07, 6.45) is 0. The van der Waals surface area contributed by atoms with Crippen LogP contribution in [-0.2, 0) is 6.54 Å². The van der Waals surface area contributed by atoms with Crippen molar-refractivity contribution in [1.82, 2.24) is 10.3 Å². The molecular formula is C20H28N2O3. The van der Waals surface area contributed by atoms with Gasteiger partial charge in [0.15, 0.2) is 11.5 Å². The van der Waals surface area contributed by atoms with E-state index < -0.39 is 0 Å². The van der Waals surface area contributed by atoms with Gasteiger partial charge in [0.05, 0.1) is 19.4 Å². The van der Waals surface area contributed by atoms with Crippen LogP contribution < -0.4 is 14.8 Å². The Morgan fingerprint density at radius 1 is 1.12 bits per heavy atom. The Hall–Kier alpha value is -2.27. The SMILES string of the molecule is COc1cc(C(C)NCc2nc(C)ccc2O)ccc1OCC(C)C. The maximum atomic E-state index is 9.90. The van der Waals surface area contributed by atoms with Crippen molar-refractivity contribution in [2.75, 3.05) is 13.7 Å². The van der Waals surface area contributed by atoms with Crippen LogP contribution in [0.3, 0.4) is 0 Å². The van der Waals surface area contributed by atoms with Crippen LogP contribution in [0.2, 0.25) is 0 Å². The molecule has 1 aromatic carbocycles. The predicted molar refractivity (Wildman–Crippen MR) is 99.2 cm³/mol. The van der Waals surface area contributed by atoms with Gasteiger partial charge in [-0.05, 0) is 49.6 Å². The lowest BCUT2D eigenvalue weighted by Gasteiger charge is -2.18. The van der Waals surface area contributed by atoms with Crippen molar-refractivity contribution in [2.45, 2.75) is 40.3 Å². The number of benzene rings is 1. The zero-order chi connectivity index (χ0) is 18.4. The number of ether oxygens (including phenoxy) is 2. The summed E-state index contributed by atoms with van der Waals surface area (Å²) in [6.45, 7) is 9.34. The normalized spacial score (nSPS) is 12.2. The van der Waals surface area contributed by atoms with Crippen molar-refractivity contribution < 1.29 is 14.6 Å². The monoisotopic (exact) mass is 344 g/mol. The Morgan fingerprint density at radius 3 is 2.56 bits per heavy atom. The predicted octanol–water partition coefficient (Wildman–Crippen LogP) is 3.99. The minimum Gasteiger partial charge on any atom is -0.506 e. The molecule has 1 atom stereocenters. The Kier molecular flexibility index (Phi) is 6.65. The summed E-state index contributed by atoms with van der Waals surface area (Å²) >= 11 is 0. The molecule has 0 aliphatic carbocycles. The molecular weight excluding hydrogens is 316 g/mol. The van der Waals surface area contributed by atoms with Crippen LogP contribution in [0, 0.1) is 12.8 Å². The first-order valence-corrected chi connectivity index (χ1v) is 8.60. The fourth-order valence-electron chi connectivity index (χ4n) is 2.43. The molecule has 136 valence electrons. The van der Waals surface area contributed by atoms with Crippen molar-refractivity contribution in [2.24, 2.45) is 5.92 Å². The van der Waals surface area contributed by atoms with Crippen LogP contribution in [0.4, 0.5) is 0 Å². The second-order valence-electron chi connectivity index (χ2n) is 6.64. The van der Waals surface area contributed by atoms with E-state index in [2.05, 4.69) is 31.1 Å². The maximum Gasteiger partial charge on any atom is 0.161 e. The first-order valence-electron chi connectivity index (χ1n) is 8.60. The van der Waals surface area contributed by atoms with E-state index in [0.717, 1.165) is 22.8 Å². The largest absolute Gasteiger partial charge is 0.506 e. The van der Waals surface area contributed by atoms with Gasteiger partial charge in [-0.3, -0.25) is 4.98 Å². The quantitative estimate of drug-likeness (QED) is 0.758. The molecule has 0 amide bonds. The molecule has 0 saturated carbocycles. The lowest BCUT2D eigenvalue weighted by molar-refractivity contribution is 0.256. The lowest BCUT2D eigenvalue weighted by Crippen LogP contribution is -2.19. The molecule has 0 fully saturated rings. The van der Waals surface area contributed by atoms with Gasteiger partial charge < -0.3 is 19.9 Å². The van der Waals surface area contributed by atoms with E-state index in [4.69, 9.17) is 9.47 Å². The fraction of sp³-hybridized carbons (Fsp3) is 0.450. The lowest BCUT2D eigenvalue weighted by atomic mass is 10.1. The summed E-state index contributed by atoms with van der Waals surface area (Å²) in [7, 11) is 1.65. The van der Waals surface area contributed by atoms with Gasteiger partial charge in [-0.1, -0.05) is 19.9 Å². The Balaban J connectivity index is 2.05. The number of aromatic hydroxyl groups is 1. The van der Waals surface area contributed by atoms with E-state index in [-0.39, 0.29) is 11.8 Å². The van der Waals surface area contributed by atoms with Gasteiger partial charge in [-0.2, -0.15) is 0 Å². The summed E-state index contributed by atoms with van der Waals surface area (Å²) in [5.74, 6) is 2.15. The van der Waals surface area contributed by atoms with Crippen molar-refractivity contribution >= 4 is 0 Å². The molecule has 25 heavy (non-hydrogen) atoms. The molecule has 5 heteroatoms. The van der Waals surface area contributed by atoms with Crippen molar-refractivity contribution in [3.63, 3.8) is 0 Å². The van der Waals surface area contributed by atoms with E-state index in [1.807, 2.05) is 25.1 Å². The van der Waals surface area contributed by atoms with E-state index in [1.165, 1.54) is 0 Å². The summed E-state index contributed by atoms with van der Waals surface area (Å²) in [6, 6.07) is 9.50. The van der Waals surface area contributed by atoms with E-state index >= 15 is 0 Å². The number of pyridine rings is 1. The van der Waals surface area contributed by atoms with Crippen molar-refractivity contribution in [3.05, 3.63) is 47.3 Å². The number of rotatable bonds is 8. The molecule has 2 aromatic rings. The zero-order valence-electron chi connectivity index (χ0n) is 15.7. The highest BCUT2D eigenvalue weighted by Crippen LogP contribution is 2.31. The zero-order valence-corrected chi connectivity index (χ0v) is 15.7. The van der Waals surface area contributed by atoms with Gasteiger partial charge in [-0.25, -0.2) is 0 Å². The van der Waals surface area contributed by atoms with Crippen molar-refractivity contribution in [1.29, 1.82) is 0 Å². The Labute approximate surface area is 150 Å². The molecule has 0 spiro atoms. The van der Waals surface area contributed by atoms with Gasteiger partial charge in [-0.15, -0.1) is 0 Å². The van der Waals surface area contributed by atoms with Crippen LogP contribution >= 0.6 is 0 Å². The second kappa shape index (κ2) is 8.72. The highest BCUT2D eigenvalue weighted by molar-refractivity contribution is 5.43. The van der Waals surface area contributed by atoms with E-state index in [0.29, 0.717) is 24.8 Å². The molecule has 1 heterocycles. The van der Waals surface area contributed by atoms with Crippen molar-refractivity contribution in [3.8, 4) is 17.2 Å². The highest BCUT2D eigenvalue weighted by atomic mass is 16.5. The van der Waals surface area contributed by atoms with Crippen LogP contribution in [0.1, 0.15) is 43.8 Å². The maximum absolute atomic E-state index is 9.90. The number of hydrogen-bond donors (Lipinski definition) is 2. The molecule has 5 nitrogen and oxygen atoms in total. The van der Waals surface area contributed by atoms with Crippen LogP contribution in [0.25, 0.3) is 0 Å². The summed E-state index contributed by atoms with van der Waals surface area (Å²) in [5, 5.41) is 13.3. The molecule has 2 rings (SSSR count). The number of hydrogen-bond acceptors (Lipinski definition) is 5. The number of nitrogens with zero attached hydrogens (tertiary/aromatic N) is 1. The minimum absolute atomic E-state index is 0.0785. The minimum atomic E-state index is 0.0785. The standard InChI is InChI=1S/C20H28N2O3/c1-13(2)12-25-19-9-7-16(10-20(19)24-5)15(4)21-11-17-18(23)8-6-14(3)22-17/h6-10,13,15,21,23H,11-12H2,1-5H3. The molecule has 0 radical (unpaired) electrons. The smallest absolute Gasteiger partial charge is 0.161 e. The average Bonchev–Trinajstić information content (AvgIpc) is 2.60. The van der Waals surface area contributed by atoms with E-state index in [1.54, 1.807) is 19.2 Å². The molecule has 0 saturated heterocycles. The van der Waals surface area contributed by atoms with Gasteiger partial charge in [0.1, 0.15) is 5.75 Å². The third-order valence-electron chi connectivity index (χ3n) is 3.92. The number of methoxy groups -OCH3 is 1. The van der Waals surface area contributed by atoms with Crippen LogP contribution in [0.15, 0.2) is 30.3 Å². The van der Waals surface area contributed by atoms with Gasteiger partial charge in [0.2, 0.25) is 0 Å². The van der Waals surface area contributed by atoms with Crippen LogP contribution in [-0.4, -0.2) is 23.8 Å². The number of nitrogens with one attached hydrogen (secondary N) is 1. The van der Waals surface area contributed by atoms with E-state index in [9.17, 15) is 5.11 Å². The Bertz CT molecular complexity index is 701. The molecule has 2 N–H and O–H groups in total. The summed E-state index contributed by atoms with van der Waals surface area (Å²) in [4.78, 5) is 4.37. The molecule has 1 aromatic heterocycles. The molecule has 0 aliphatic rings. The molecule has 1 unspecified atom stereocenters. The Morgan fingerprint density at radius 2 is 1.88 bits per heavy atom.